The fraction of sp³-hybridized carbons (Fsp3) is 0.368. The van der Waals surface area contributed by atoms with E-state index in [0.717, 1.165) is 37.4 Å². The van der Waals surface area contributed by atoms with Gasteiger partial charge in [0.25, 0.3) is 0 Å². The van der Waals surface area contributed by atoms with E-state index in [1.165, 1.54) is 11.1 Å². The highest BCUT2D eigenvalue weighted by Crippen LogP contribution is 2.27. The first-order valence-electron chi connectivity index (χ1n) is 7.88. The number of nitrogens with one attached hydrogen (secondary N) is 1. The molecule has 0 saturated heterocycles. The van der Waals surface area contributed by atoms with Crippen LogP contribution >= 0.6 is 0 Å². The molecule has 0 unspecified atom stereocenters. The Bertz CT molecular complexity index is 555. The van der Waals surface area contributed by atoms with Gasteiger partial charge in [0.05, 0.1) is 13.7 Å². The molecule has 118 valence electrons. The van der Waals surface area contributed by atoms with E-state index in [1.54, 1.807) is 7.11 Å². The third-order valence-electron chi connectivity index (χ3n) is 3.52. The van der Waals surface area contributed by atoms with Gasteiger partial charge in [-0.25, -0.2) is 0 Å². The molecular weight excluding hydrogens is 274 g/mol. The van der Waals surface area contributed by atoms with Crippen LogP contribution in [0.5, 0.6) is 11.5 Å². The molecule has 0 fully saturated rings. The molecule has 0 bridgehead atoms. The second kappa shape index (κ2) is 9.11. The van der Waals surface area contributed by atoms with Crippen LogP contribution in [0.1, 0.15) is 24.5 Å². The second-order valence-corrected chi connectivity index (χ2v) is 5.18. The molecule has 2 aromatic rings. The van der Waals surface area contributed by atoms with E-state index in [0.29, 0.717) is 6.61 Å². The molecule has 22 heavy (non-hydrogen) atoms. The third-order valence-corrected chi connectivity index (χ3v) is 3.52. The minimum atomic E-state index is 0.646. The maximum absolute atomic E-state index is 5.53. The van der Waals surface area contributed by atoms with Crippen LogP contribution in [-0.4, -0.2) is 20.3 Å². The topological polar surface area (TPSA) is 30.5 Å². The van der Waals surface area contributed by atoms with Crippen molar-refractivity contribution in [3.63, 3.8) is 0 Å². The molecule has 0 atom stereocenters. The van der Waals surface area contributed by atoms with Crippen molar-refractivity contribution in [1.82, 2.24) is 5.32 Å². The fourth-order valence-corrected chi connectivity index (χ4v) is 2.39. The molecule has 3 heteroatoms. The monoisotopic (exact) mass is 299 g/mol. The molecule has 0 spiro atoms. The van der Waals surface area contributed by atoms with Gasteiger partial charge in [-0.1, -0.05) is 36.4 Å². The normalized spacial score (nSPS) is 10.5. The number of hydrogen-bond donors (Lipinski definition) is 1. The predicted octanol–water partition coefficient (Wildman–Crippen LogP) is 3.82. The molecule has 0 amide bonds. The molecule has 0 aliphatic rings. The minimum absolute atomic E-state index is 0.646. The summed E-state index contributed by atoms with van der Waals surface area (Å²) in [6.45, 7) is 4.47. The van der Waals surface area contributed by atoms with Crippen LogP contribution in [0.4, 0.5) is 0 Å². The van der Waals surface area contributed by atoms with Crippen molar-refractivity contribution in [2.24, 2.45) is 0 Å². The maximum atomic E-state index is 5.53. The zero-order valence-corrected chi connectivity index (χ0v) is 13.5. The Labute approximate surface area is 133 Å². The Hall–Kier alpha value is -2.00. The lowest BCUT2D eigenvalue weighted by atomic mass is 10.1. The first-order valence-corrected chi connectivity index (χ1v) is 7.88. The van der Waals surface area contributed by atoms with Crippen LogP contribution in [-0.2, 0) is 13.0 Å². The van der Waals surface area contributed by atoms with Gasteiger partial charge in [-0.05, 0) is 49.6 Å². The van der Waals surface area contributed by atoms with Crippen molar-refractivity contribution in [1.29, 1.82) is 0 Å². The van der Waals surface area contributed by atoms with Crippen molar-refractivity contribution >= 4 is 0 Å². The summed E-state index contributed by atoms with van der Waals surface area (Å²) in [5.41, 5.74) is 2.60. The van der Waals surface area contributed by atoms with Gasteiger partial charge in [0, 0.05) is 6.54 Å². The molecule has 2 rings (SSSR count). The molecule has 2 aromatic carbocycles. The van der Waals surface area contributed by atoms with Crippen molar-refractivity contribution in [2.75, 3.05) is 20.3 Å². The van der Waals surface area contributed by atoms with Gasteiger partial charge in [-0.3, -0.25) is 0 Å². The van der Waals surface area contributed by atoms with E-state index in [1.807, 2.05) is 19.1 Å². The number of ether oxygens (including phenoxy) is 2. The summed E-state index contributed by atoms with van der Waals surface area (Å²) in [5.74, 6) is 1.60. The average Bonchev–Trinajstić information content (AvgIpc) is 2.57. The van der Waals surface area contributed by atoms with E-state index in [-0.39, 0.29) is 0 Å². The lowest BCUT2D eigenvalue weighted by molar-refractivity contribution is 0.310. The quantitative estimate of drug-likeness (QED) is 0.714. The highest BCUT2D eigenvalue weighted by Gasteiger charge is 2.04. The molecule has 0 aliphatic heterocycles. The lowest BCUT2D eigenvalue weighted by Gasteiger charge is -2.11. The van der Waals surface area contributed by atoms with Gasteiger partial charge in [-0.2, -0.15) is 0 Å². The third kappa shape index (κ3) is 5.08. The summed E-state index contributed by atoms with van der Waals surface area (Å²) in [6.07, 6.45) is 2.25. The Kier molecular flexibility index (Phi) is 6.78. The Balaban J connectivity index is 1.74. The average molecular weight is 299 g/mol. The van der Waals surface area contributed by atoms with E-state index in [9.17, 15) is 0 Å². The highest BCUT2D eigenvalue weighted by molar-refractivity contribution is 5.42. The van der Waals surface area contributed by atoms with Gasteiger partial charge in [0.2, 0.25) is 0 Å². The Morgan fingerprint density at radius 3 is 2.50 bits per heavy atom. The molecule has 1 N–H and O–H groups in total. The van der Waals surface area contributed by atoms with Crippen LogP contribution in [0.3, 0.4) is 0 Å². The zero-order valence-electron chi connectivity index (χ0n) is 13.5. The molecular formula is C19H25NO2. The smallest absolute Gasteiger partial charge is 0.161 e. The number of aryl methyl sites for hydroxylation is 1. The summed E-state index contributed by atoms with van der Waals surface area (Å²) >= 11 is 0. The molecule has 0 aromatic heterocycles. The van der Waals surface area contributed by atoms with Crippen LogP contribution in [0.25, 0.3) is 0 Å². The highest BCUT2D eigenvalue weighted by atomic mass is 16.5. The van der Waals surface area contributed by atoms with E-state index in [2.05, 4.69) is 41.7 Å². The number of rotatable bonds is 9. The van der Waals surface area contributed by atoms with Crippen molar-refractivity contribution in [3.05, 3.63) is 59.7 Å². The number of hydrogen-bond acceptors (Lipinski definition) is 3. The van der Waals surface area contributed by atoms with Gasteiger partial charge < -0.3 is 14.8 Å². The SMILES string of the molecule is CCOc1ccc(CNCCCc2ccccc2)cc1OC. The van der Waals surface area contributed by atoms with Crippen LogP contribution in [0.2, 0.25) is 0 Å². The van der Waals surface area contributed by atoms with Crippen molar-refractivity contribution in [3.8, 4) is 11.5 Å². The summed E-state index contributed by atoms with van der Waals surface area (Å²) in [6, 6.07) is 16.7. The van der Waals surface area contributed by atoms with Crippen LogP contribution in [0.15, 0.2) is 48.5 Å². The number of methoxy groups -OCH3 is 1. The van der Waals surface area contributed by atoms with Crippen LogP contribution in [0, 0.1) is 0 Å². The predicted molar refractivity (Wildman–Crippen MR) is 90.6 cm³/mol. The molecule has 3 nitrogen and oxygen atoms in total. The van der Waals surface area contributed by atoms with Crippen molar-refractivity contribution in [2.45, 2.75) is 26.3 Å². The lowest BCUT2D eigenvalue weighted by Crippen LogP contribution is -2.15. The van der Waals surface area contributed by atoms with Gasteiger partial charge in [0.15, 0.2) is 11.5 Å². The number of benzene rings is 2. The fourth-order valence-electron chi connectivity index (χ4n) is 2.39. The van der Waals surface area contributed by atoms with Crippen molar-refractivity contribution < 1.29 is 9.47 Å². The van der Waals surface area contributed by atoms with Gasteiger partial charge >= 0.3 is 0 Å². The van der Waals surface area contributed by atoms with E-state index < -0.39 is 0 Å². The molecule has 0 aliphatic carbocycles. The second-order valence-electron chi connectivity index (χ2n) is 5.18. The molecule has 0 radical (unpaired) electrons. The van der Waals surface area contributed by atoms with Gasteiger partial charge in [0.1, 0.15) is 0 Å². The standard InChI is InChI=1S/C19H25NO2/c1-3-22-18-12-11-17(14-19(18)21-2)15-20-13-7-10-16-8-5-4-6-9-16/h4-6,8-9,11-12,14,20H,3,7,10,13,15H2,1-2H3. The Morgan fingerprint density at radius 2 is 1.77 bits per heavy atom. The largest absolute Gasteiger partial charge is 0.493 e. The first-order chi connectivity index (χ1) is 10.8. The molecule has 0 saturated carbocycles. The summed E-state index contributed by atoms with van der Waals surface area (Å²) < 4.78 is 10.9. The van der Waals surface area contributed by atoms with E-state index >= 15 is 0 Å². The first kappa shape index (κ1) is 16.4. The van der Waals surface area contributed by atoms with Gasteiger partial charge in [-0.15, -0.1) is 0 Å². The van der Waals surface area contributed by atoms with E-state index in [4.69, 9.17) is 9.47 Å². The summed E-state index contributed by atoms with van der Waals surface area (Å²) in [4.78, 5) is 0. The summed E-state index contributed by atoms with van der Waals surface area (Å²) in [5, 5.41) is 3.48. The van der Waals surface area contributed by atoms with Crippen LogP contribution < -0.4 is 14.8 Å². The molecule has 0 heterocycles. The Morgan fingerprint density at radius 1 is 0.955 bits per heavy atom. The maximum Gasteiger partial charge on any atom is 0.161 e. The zero-order chi connectivity index (χ0) is 15.6. The summed E-state index contributed by atoms with van der Waals surface area (Å²) in [7, 11) is 1.68. The minimum Gasteiger partial charge on any atom is -0.493 e.